The van der Waals surface area contributed by atoms with E-state index in [0.717, 1.165) is 34.3 Å². The third-order valence-electron chi connectivity index (χ3n) is 4.20. The molecule has 2 aromatic carbocycles. The zero-order valence-electron chi connectivity index (χ0n) is 13.5. The molecule has 3 rings (SSSR count). The fourth-order valence-electron chi connectivity index (χ4n) is 3.01. The second-order valence-corrected chi connectivity index (χ2v) is 6.08. The molecule has 0 aliphatic heterocycles. The summed E-state index contributed by atoms with van der Waals surface area (Å²) in [6, 6.07) is 13.6. The first-order valence-corrected chi connectivity index (χ1v) is 8.06. The van der Waals surface area contributed by atoms with Gasteiger partial charge in [0.15, 0.2) is 0 Å². The lowest BCUT2D eigenvalue weighted by Gasteiger charge is -2.12. The molecule has 3 aromatic rings. The van der Waals surface area contributed by atoms with Crippen LogP contribution >= 0.6 is 11.6 Å². The smallest absolute Gasteiger partial charge is 0.272 e. The molecule has 1 heterocycles. The Bertz CT molecular complexity index is 896. The number of carbonyl (C=O) groups is 1. The van der Waals surface area contributed by atoms with E-state index in [1.54, 1.807) is 6.07 Å². The highest BCUT2D eigenvalue weighted by Gasteiger charge is 2.19. The number of benzene rings is 2. The summed E-state index contributed by atoms with van der Waals surface area (Å²) >= 11 is 6.04. The summed E-state index contributed by atoms with van der Waals surface area (Å²) in [5.74, 6) is -0.106. The first-order chi connectivity index (χ1) is 11.0. The largest absolute Gasteiger partial charge is 0.337 e. The van der Waals surface area contributed by atoms with Crippen molar-refractivity contribution < 1.29 is 4.79 Å². The second-order valence-electron chi connectivity index (χ2n) is 5.65. The third kappa shape index (κ3) is 2.73. The van der Waals surface area contributed by atoms with Crippen LogP contribution < -0.4 is 5.32 Å². The van der Waals surface area contributed by atoms with E-state index in [0.29, 0.717) is 10.7 Å². The number of aromatic nitrogens is 1. The van der Waals surface area contributed by atoms with Crippen molar-refractivity contribution in [3.63, 3.8) is 0 Å². The molecule has 0 saturated heterocycles. The number of hydrogen-bond acceptors (Lipinski definition) is 1. The fraction of sp³-hybridized carbons (Fsp3) is 0.211. The van der Waals surface area contributed by atoms with E-state index >= 15 is 0 Å². The molecule has 0 bridgehead atoms. The molecular weight excluding hydrogens is 308 g/mol. The number of halogens is 1. The van der Waals surface area contributed by atoms with Gasteiger partial charge in [0.1, 0.15) is 5.69 Å². The van der Waals surface area contributed by atoms with Crippen LogP contribution in [0.3, 0.4) is 0 Å². The highest BCUT2D eigenvalue weighted by molar-refractivity contribution is 6.31. The van der Waals surface area contributed by atoms with Gasteiger partial charge < -0.3 is 9.88 Å². The van der Waals surface area contributed by atoms with E-state index in [2.05, 4.69) is 16.0 Å². The Kier molecular flexibility index (Phi) is 4.14. The van der Waals surface area contributed by atoms with Crippen molar-refractivity contribution in [2.45, 2.75) is 27.3 Å². The second kappa shape index (κ2) is 6.09. The number of fused-ring (bicyclic) bond motifs is 1. The van der Waals surface area contributed by atoms with E-state index in [-0.39, 0.29) is 5.91 Å². The number of carbonyl (C=O) groups excluding carboxylic acids is 1. The number of nitrogens with zero attached hydrogens (tertiary/aromatic N) is 1. The van der Waals surface area contributed by atoms with Crippen LogP contribution in [0.2, 0.25) is 5.02 Å². The fourth-order valence-corrected chi connectivity index (χ4v) is 3.18. The summed E-state index contributed by atoms with van der Waals surface area (Å²) in [4.78, 5) is 12.9. The summed E-state index contributed by atoms with van der Waals surface area (Å²) in [6.07, 6.45) is 0. The van der Waals surface area contributed by atoms with E-state index in [4.69, 9.17) is 11.6 Å². The highest BCUT2D eigenvalue weighted by Crippen LogP contribution is 2.27. The molecule has 1 aromatic heterocycles. The van der Waals surface area contributed by atoms with Gasteiger partial charge in [-0.2, -0.15) is 0 Å². The number of rotatable bonds is 3. The van der Waals surface area contributed by atoms with E-state index in [1.165, 1.54) is 0 Å². The number of hydrogen-bond donors (Lipinski definition) is 1. The number of anilines is 1. The summed E-state index contributed by atoms with van der Waals surface area (Å²) in [7, 11) is 0. The van der Waals surface area contributed by atoms with Gasteiger partial charge in [-0.3, -0.25) is 4.79 Å². The van der Waals surface area contributed by atoms with Gasteiger partial charge in [0, 0.05) is 28.2 Å². The Balaban J connectivity index is 2.07. The van der Waals surface area contributed by atoms with E-state index in [9.17, 15) is 4.79 Å². The van der Waals surface area contributed by atoms with Crippen LogP contribution in [0.15, 0.2) is 42.5 Å². The summed E-state index contributed by atoms with van der Waals surface area (Å²) in [5.41, 5.74) is 4.52. The first-order valence-electron chi connectivity index (χ1n) is 7.68. The average molecular weight is 327 g/mol. The average Bonchev–Trinajstić information content (AvgIpc) is 2.83. The lowest BCUT2D eigenvalue weighted by molar-refractivity contribution is 0.101. The molecule has 23 heavy (non-hydrogen) atoms. The molecule has 0 saturated carbocycles. The molecule has 0 atom stereocenters. The monoisotopic (exact) mass is 326 g/mol. The standard InChI is InChI=1S/C19H19ClN2O/c1-4-22-17-8-6-5-7-15(17)13(3)18(22)19(23)21-16-11-14(20)10-9-12(16)2/h5-11H,4H2,1-3H3,(H,21,23). The minimum atomic E-state index is -0.106. The maximum absolute atomic E-state index is 12.9. The predicted molar refractivity (Wildman–Crippen MR) is 96.5 cm³/mol. The highest BCUT2D eigenvalue weighted by atomic mass is 35.5. The van der Waals surface area contributed by atoms with Crippen molar-refractivity contribution in [1.82, 2.24) is 4.57 Å². The van der Waals surface area contributed by atoms with Gasteiger partial charge in [-0.05, 0) is 50.1 Å². The number of para-hydroxylation sites is 1. The van der Waals surface area contributed by atoms with E-state index in [1.807, 2.05) is 51.1 Å². The zero-order valence-corrected chi connectivity index (χ0v) is 14.2. The van der Waals surface area contributed by atoms with Crippen LogP contribution in [0, 0.1) is 13.8 Å². The topological polar surface area (TPSA) is 34.0 Å². The van der Waals surface area contributed by atoms with Gasteiger partial charge in [0.25, 0.3) is 5.91 Å². The molecule has 1 amide bonds. The Morgan fingerprint density at radius 1 is 1.17 bits per heavy atom. The lowest BCUT2D eigenvalue weighted by atomic mass is 10.1. The molecule has 1 N–H and O–H groups in total. The Hall–Kier alpha value is -2.26. The molecule has 0 aliphatic carbocycles. The molecule has 0 radical (unpaired) electrons. The predicted octanol–water partition coefficient (Wildman–Crippen LogP) is 5.18. The van der Waals surface area contributed by atoms with Crippen molar-refractivity contribution in [3.05, 3.63) is 64.3 Å². The molecule has 4 heteroatoms. The van der Waals surface area contributed by atoms with E-state index < -0.39 is 0 Å². The normalized spacial score (nSPS) is 11.0. The molecule has 3 nitrogen and oxygen atoms in total. The summed E-state index contributed by atoms with van der Waals surface area (Å²) in [5, 5.41) is 4.72. The third-order valence-corrected chi connectivity index (χ3v) is 4.44. The molecule has 0 unspecified atom stereocenters. The van der Waals surface area contributed by atoms with Crippen LogP contribution in [0.1, 0.15) is 28.5 Å². The van der Waals surface area contributed by atoms with Gasteiger partial charge in [0.2, 0.25) is 0 Å². The van der Waals surface area contributed by atoms with Crippen LogP contribution in [-0.2, 0) is 6.54 Å². The van der Waals surface area contributed by atoms with Crippen molar-refractivity contribution in [2.75, 3.05) is 5.32 Å². The van der Waals surface area contributed by atoms with Crippen molar-refractivity contribution >= 4 is 34.1 Å². The van der Waals surface area contributed by atoms with Gasteiger partial charge >= 0.3 is 0 Å². The van der Waals surface area contributed by atoms with Crippen LogP contribution in [-0.4, -0.2) is 10.5 Å². The van der Waals surface area contributed by atoms with Crippen LogP contribution in [0.5, 0.6) is 0 Å². The molecule has 118 valence electrons. The molecule has 0 fully saturated rings. The Labute approximate surface area is 140 Å². The lowest BCUT2D eigenvalue weighted by Crippen LogP contribution is -2.18. The maximum atomic E-state index is 12.9. The van der Waals surface area contributed by atoms with Gasteiger partial charge in [-0.25, -0.2) is 0 Å². The SMILES string of the molecule is CCn1c(C(=O)Nc2cc(Cl)ccc2C)c(C)c2ccccc21. The van der Waals surface area contributed by atoms with Crippen LogP contribution in [0.25, 0.3) is 10.9 Å². The molecular formula is C19H19ClN2O. The number of nitrogens with one attached hydrogen (secondary N) is 1. The van der Waals surface area contributed by atoms with Crippen molar-refractivity contribution in [3.8, 4) is 0 Å². The summed E-state index contributed by atoms with van der Waals surface area (Å²) in [6.45, 7) is 6.74. The Morgan fingerprint density at radius 3 is 2.65 bits per heavy atom. The minimum absolute atomic E-state index is 0.106. The minimum Gasteiger partial charge on any atom is -0.337 e. The van der Waals surface area contributed by atoms with Crippen molar-refractivity contribution in [2.24, 2.45) is 0 Å². The number of aryl methyl sites for hydroxylation is 3. The number of amides is 1. The van der Waals surface area contributed by atoms with Gasteiger partial charge in [0.05, 0.1) is 0 Å². The van der Waals surface area contributed by atoms with Crippen LogP contribution in [0.4, 0.5) is 5.69 Å². The quantitative estimate of drug-likeness (QED) is 0.706. The summed E-state index contributed by atoms with van der Waals surface area (Å²) < 4.78 is 2.06. The van der Waals surface area contributed by atoms with Gasteiger partial charge in [-0.15, -0.1) is 0 Å². The van der Waals surface area contributed by atoms with Crippen molar-refractivity contribution in [1.29, 1.82) is 0 Å². The maximum Gasteiger partial charge on any atom is 0.272 e. The first kappa shape index (κ1) is 15.6. The molecule has 0 aliphatic rings. The zero-order chi connectivity index (χ0) is 16.6. The van der Waals surface area contributed by atoms with Gasteiger partial charge in [-0.1, -0.05) is 35.9 Å². The molecule has 0 spiro atoms. The Morgan fingerprint density at radius 2 is 1.91 bits per heavy atom.